The molecule has 4 nitrogen and oxygen atoms in total. The van der Waals surface area contributed by atoms with E-state index in [9.17, 15) is 4.79 Å². The van der Waals surface area contributed by atoms with Gasteiger partial charge in [0.2, 0.25) is 0 Å². The van der Waals surface area contributed by atoms with E-state index in [4.69, 9.17) is 39.5 Å². The van der Waals surface area contributed by atoms with Crippen molar-refractivity contribution in [1.82, 2.24) is 5.32 Å². The zero-order valence-corrected chi connectivity index (χ0v) is 19.0. The van der Waals surface area contributed by atoms with Crippen molar-refractivity contribution in [2.45, 2.75) is 6.61 Å². The number of halogens is 3. The highest BCUT2D eigenvalue weighted by atomic mass is 35.5. The Hall–Kier alpha value is -2.44. The van der Waals surface area contributed by atoms with Crippen LogP contribution in [0.3, 0.4) is 0 Å². The van der Waals surface area contributed by atoms with E-state index in [2.05, 4.69) is 10.3 Å². The summed E-state index contributed by atoms with van der Waals surface area (Å²) in [5.41, 5.74) is 2.32. The first kappa shape index (κ1) is 21.8. The molecule has 156 valence electrons. The van der Waals surface area contributed by atoms with E-state index in [-0.39, 0.29) is 5.91 Å². The van der Waals surface area contributed by atoms with Gasteiger partial charge in [-0.25, -0.2) is 4.99 Å². The van der Waals surface area contributed by atoms with Crippen LogP contribution in [0.25, 0.3) is 6.08 Å². The van der Waals surface area contributed by atoms with Gasteiger partial charge in [0.15, 0.2) is 5.17 Å². The molecule has 1 N–H and O–H groups in total. The maximum Gasteiger partial charge on any atom is 0.264 e. The lowest BCUT2D eigenvalue weighted by atomic mass is 10.2. The molecule has 1 heterocycles. The van der Waals surface area contributed by atoms with Crippen molar-refractivity contribution in [3.63, 3.8) is 0 Å². The molecule has 0 aliphatic carbocycles. The zero-order valence-electron chi connectivity index (χ0n) is 15.9. The van der Waals surface area contributed by atoms with Gasteiger partial charge in [0.05, 0.1) is 15.6 Å². The minimum Gasteiger partial charge on any atom is -0.489 e. The molecule has 0 saturated carbocycles. The molecule has 31 heavy (non-hydrogen) atoms. The van der Waals surface area contributed by atoms with Crippen LogP contribution < -0.4 is 10.1 Å². The van der Waals surface area contributed by atoms with E-state index in [1.54, 1.807) is 24.3 Å². The highest BCUT2D eigenvalue weighted by Gasteiger charge is 2.24. The van der Waals surface area contributed by atoms with Crippen LogP contribution in [0.5, 0.6) is 5.75 Å². The second-order valence-corrected chi connectivity index (χ2v) is 8.81. The number of amidine groups is 1. The molecule has 1 saturated heterocycles. The minimum atomic E-state index is -0.215. The summed E-state index contributed by atoms with van der Waals surface area (Å²) in [6.45, 7) is 0.380. The predicted molar refractivity (Wildman–Crippen MR) is 129 cm³/mol. The summed E-state index contributed by atoms with van der Waals surface area (Å²) in [6.07, 6.45) is 1.80. The van der Waals surface area contributed by atoms with E-state index in [1.165, 1.54) is 11.8 Å². The van der Waals surface area contributed by atoms with Crippen molar-refractivity contribution in [2.24, 2.45) is 4.99 Å². The van der Waals surface area contributed by atoms with Gasteiger partial charge in [0, 0.05) is 15.6 Å². The molecular formula is C23H15Cl3N2O2S. The van der Waals surface area contributed by atoms with Crippen LogP contribution in [0.2, 0.25) is 15.1 Å². The maximum atomic E-state index is 12.3. The predicted octanol–water partition coefficient (Wildman–Crippen LogP) is 7.12. The Balaban J connectivity index is 1.43. The van der Waals surface area contributed by atoms with E-state index >= 15 is 0 Å². The van der Waals surface area contributed by atoms with E-state index in [0.29, 0.717) is 43.2 Å². The van der Waals surface area contributed by atoms with Crippen LogP contribution in [0.4, 0.5) is 5.69 Å². The number of hydrogen-bond acceptors (Lipinski definition) is 4. The molecule has 0 spiro atoms. The number of ether oxygens (including phenoxy) is 1. The third-order valence-corrected chi connectivity index (χ3v) is 6.13. The van der Waals surface area contributed by atoms with Crippen molar-refractivity contribution < 1.29 is 9.53 Å². The third-order valence-electron chi connectivity index (χ3n) is 4.31. The van der Waals surface area contributed by atoms with Gasteiger partial charge in [0.25, 0.3) is 5.91 Å². The second-order valence-electron chi connectivity index (χ2n) is 6.53. The molecule has 0 bridgehead atoms. The molecule has 3 aromatic carbocycles. The summed E-state index contributed by atoms with van der Waals surface area (Å²) in [5.74, 6) is 0.498. The number of hydrogen-bond donors (Lipinski definition) is 1. The van der Waals surface area contributed by atoms with Gasteiger partial charge in [-0.15, -0.1) is 0 Å². The number of nitrogens with zero attached hydrogens (tertiary/aromatic N) is 1. The summed E-state index contributed by atoms with van der Waals surface area (Å²) in [7, 11) is 0. The van der Waals surface area contributed by atoms with Gasteiger partial charge in [-0.2, -0.15) is 0 Å². The molecule has 1 aliphatic heterocycles. The number of rotatable bonds is 5. The van der Waals surface area contributed by atoms with Crippen LogP contribution in [-0.4, -0.2) is 11.1 Å². The summed E-state index contributed by atoms with van der Waals surface area (Å²) < 4.78 is 5.79. The highest BCUT2D eigenvalue weighted by molar-refractivity contribution is 8.18. The number of aliphatic imine (C=N–C) groups is 1. The van der Waals surface area contributed by atoms with Crippen LogP contribution in [0, 0.1) is 0 Å². The van der Waals surface area contributed by atoms with E-state index in [0.717, 1.165) is 11.1 Å². The fourth-order valence-corrected chi connectivity index (χ4v) is 4.23. The fraction of sp³-hybridized carbons (Fsp3) is 0.0435. The molecule has 4 rings (SSSR count). The Morgan fingerprint density at radius 2 is 1.74 bits per heavy atom. The Morgan fingerprint density at radius 1 is 0.968 bits per heavy atom. The number of carbonyl (C=O) groups is 1. The normalized spacial score (nSPS) is 16.0. The average molecular weight is 490 g/mol. The molecule has 8 heteroatoms. The van der Waals surface area contributed by atoms with Crippen molar-refractivity contribution in [3.05, 3.63) is 97.8 Å². The summed E-state index contributed by atoms with van der Waals surface area (Å²) in [4.78, 5) is 17.2. The lowest BCUT2D eigenvalue weighted by Gasteiger charge is -2.08. The largest absolute Gasteiger partial charge is 0.489 e. The first-order chi connectivity index (χ1) is 15.0. The second kappa shape index (κ2) is 9.79. The highest BCUT2D eigenvalue weighted by Crippen LogP contribution is 2.32. The van der Waals surface area contributed by atoms with Crippen LogP contribution >= 0.6 is 46.6 Å². The molecule has 0 radical (unpaired) electrons. The van der Waals surface area contributed by atoms with Gasteiger partial charge < -0.3 is 10.1 Å². The molecule has 0 aromatic heterocycles. The van der Waals surface area contributed by atoms with E-state index in [1.807, 2.05) is 48.5 Å². The Morgan fingerprint density at radius 3 is 2.48 bits per heavy atom. The number of nitrogens with one attached hydrogen (secondary N) is 1. The SMILES string of the molecule is O=C1NC(=Nc2ccc(Cl)cc2Cl)SC1=Cc1ccc(OCc2ccccc2Cl)cc1. The van der Waals surface area contributed by atoms with Crippen LogP contribution in [0.15, 0.2) is 76.6 Å². The first-order valence-electron chi connectivity index (χ1n) is 9.19. The number of carbonyl (C=O) groups excluding carboxylic acids is 1. The van der Waals surface area contributed by atoms with Crippen molar-refractivity contribution in [2.75, 3.05) is 0 Å². The molecule has 1 amide bonds. The third kappa shape index (κ3) is 5.63. The molecular weight excluding hydrogens is 475 g/mol. The Bertz CT molecular complexity index is 1190. The Kier molecular flexibility index (Phi) is 6.88. The first-order valence-corrected chi connectivity index (χ1v) is 11.1. The van der Waals surface area contributed by atoms with Gasteiger partial charge >= 0.3 is 0 Å². The van der Waals surface area contributed by atoms with Crippen molar-refractivity contribution in [1.29, 1.82) is 0 Å². The zero-order chi connectivity index (χ0) is 21.8. The van der Waals surface area contributed by atoms with Gasteiger partial charge in [-0.1, -0.05) is 65.1 Å². The fourth-order valence-electron chi connectivity index (χ4n) is 2.75. The lowest BCUT2D eigenvalue weighted by Crippen LogP contribution is -2.19. The average Bonchev–Trinajstić information content (AvgIpc) is 3.09. The van der Waals surface area contributed by atoms with E-state index < -0.39 is 0 Å². The maximum absolute atomic E-state index is 12.3. The number of benzene rings is 3. The van der Waals surface area contributed by atoms with Crippen LogP contribution in [-0.2, 0) is 11.4 Å². The number of amides is 1. The van der Waals surface area contributed by atoms with Gasteiger partial charge in [-0.05, 0) is 59.8 Å². The molecule has 3 aromatic rings. The topological polar surface area (TPSA) is 50.7 Å². The van der Waals surface area contributed by atoms with Crippen molar-refractivity contribution >= 4 is 69.4 Å². The monoisotopic (exact) mass is 488 g/mol. The van der Waals surface area contributed by atoms with Crippen molar-refractivity contribution in [3.8, 4) is 5.75 Å². The van der Waals surface area contributed by atoms with Gasteiger partial charge in [-0.3, -0.25) is 4.79 Å². The molecule has 1 aliphatic rings. The lowest BCUT2D eigenvalue weighted by molar-refractivity contribution is -0.115. The molecule has 0 unspecified atom stereocenters. The van der Waals surface area contributed by atoms with Gasteiger partial charge in [0.1, 0.15) is 12.4 Å². The summed E-state index contributed by atoms with van der Waals surface area (Å²) in [5, 5.41) is 4.82. The molecule has 1 fully saturated rings. The Labute approximate surface area is 198 Å². The minimum absolute atomic E-state index is 0.215. The smallest absolute Gasteiger partial charge is 0.264 e. The molecule has 0 atom stereocenters. The summed E-state index contributed by atoms with van der Waals surface area (Å²) >= 11 is 19.5. The van der Waals surface area contributed by atoms with Crippen LogP contribution in [0.1, 0.15) is 11.1 Å². The number of thioether (sulfide) groups is 1. The quantitative estimate of drug-likeness (QED) is 0.388. The standard InChI is InChI=1S/C23H15Cl3N2O2S/c24-16-7-10-20(19(26)12-16)27-23-28-22(29)21(31-23)11-14-5-8-17(9-6-14)30-13-15-3-1-2-4-18(15)25/h1-12H,13H2,(H,27,28,29). The summed E-state index contributed by atoms with van der Waals surface area (Å²) in [6, 6.07) is 20.0.